The van der Waals surface area contributed by atoms with Crippen LogP contribution in [0.1, 0.15) is 37.3 Å². The minimum atomic E-state index is 0.574. The SMILES string of the molecule is CNCCC1CCN(C2CCOc3ccccc32)CC1. The van der Waals surface area contributed by atoms with Crippen molar-refractivity contribution in [1.82, 2.24) is 10.2 Å². The second-order valence-electron chi connectivity index (χ2n) is 6.06. The number of para-hydroxylation sites is 1. The van der Waals surface area contributed by atoms with Gasteiger partial charge in [0, 0.05) is 18.0 Å². The molecule has 1 aromatic carbocycles. The van der Waals surface area contributed by atoms with Gasteiger partial charge in [-0.05, 0) is 57.9 Å². The van der Waals surface area contributed by atoms with Crippen LogP contribution in [0.2, 0.25) is 0 Å². The summed E-state index contributed by atoms with van der Waals surface area (Å²) in [6.45, 7) is 4.51. The van der Waals surface area contributed by atoms with E-state index in [1.54, 1.807) is 0 Å². The number of hydrogen-bond acceptors (Lipinski definition) is 3. The standard InChI is InChI=1S/C17H26N2O/c1-18-10-6-14-7-11-19(12-8-14)16-9-13-20-17-5-3-2-4-15(16)17/h2-5,14,16,18H,6-13H2,1H3. The Kier molecular flexibility index (Phi) is 4.58. The van der Waals surface area contributed by atoms with Crippen LogP contribution < -0.4 is 10.1 Å². The van der Waals surface area contributed by atoms with Gasteiger partial charge in [-0.15, -0.1) is 0 Å². The highest BCUT2D eigenvalue weighted by Crippen LogP contribution is 2.37. The molecule has 2 aliphatic heterocycles. The number of benzene rings is 1. The highest BCUT2D eigenvalue weighted by molar-refractivity contribution is 5.37. The van der Waals surface area contributed by atoms with Gasteiger partial charge in [0.15, 0.2) is 0 Å². The number of rotatable bonds is 4. The molecule has 1 unspecified atom stereocenters. The van der Waals surface area contributed by atoms with Crippen molar-refractivity contribution < 1.29 is 4.74 Å². The molecule has 0 aliphatic carbocycles. The fraction of sp³-hybridized carbons (Fsp3) is 0.647. The second-order valence-corrected chi connectivity index (χ2v) is 6.06. The molecule has 0 aromatic heterocycles. The van der Waals surface area contributed by atoms with Crippen molar-refractivity contribution in [2.45, 2.75) is 31.7 Å². The molecule has 0 saturated carbocycles. The zero-order valence-electron chi connectivity index (χ0n) is 12.5. The van der Waals surface area contributed by atoms with Crippen LogP contribution >= 0.6 is 0 Å². The van der Waals surface area contributed by atoms with Crippen LogP contribution in [-0.2, 0) is 0 Å². The molecule has 1 saturated heterocycles. The first kappa shape index (κ1) is 13.9. The number of nitrogens with one attached hydrogen (secondary N) is 1. The monoisotopic (exact) mass is 274 g/mol. The van der Waals surface area contributed by atoms with E-state index in [0.717, 1.165) is 31.2 Å². The van der Waals surface area contributed by atoms with Gasteiger partial charge in [0.25, 0.3) is 0 Å². The van der Waals surface area contributed by atoms with Crippen molar-refractivity contribution in [2.24, 2.45) is 5.92 Å². The fourth-order valence-electron chi connectivity index (χ4n) is 3.60. The lowest BCUT2D eigenvalue weighted by Gasteiger charge is -2.40. The Balaban J connectivity index is 1.62. The first-order chi connectivity index (χ1) is 9.88. The van der Waals surface area contributed by atoms with Crippen molar-refractivity contribution in [3.05, 3.63) is 29.8 Å². The highest BCUT2D eigenvalue weighted by atomic mass is 16.5. The third kappa shape index (κ3) is 2.99. The minimum absolute atomic E-state index is 0.574. The zero-order valence-corrected chi connectivity index (χ0v) is 12.5. The molecule has 1 atom stereocenters. The summed E-state index contributed by atoms with van der Waals surface area (Å²) in [5, 5.41) is 3.27. The van der Waals surface area contributed by atoms with Crippen molar-refractivity contribution in [3.8, 4) is 5.75 Å². The lowest BCUT2D eigenvalue weighted by molar-refractivity contribution is 0.0971. The number of likely N-dealkylation sites (tertiary alicyclic amines) is 1. The Labute approximate surface area is 122 Å². The molecule has 0 amide bonds. The lowest BCUT2D eigenvalue weighted by atomic mass is 9.90. The van der Waals surface area contributed by atoms with Crippen molar-refractivity contribution >= 4 is 0 Å². The van der Waals surface area contributed by atoms with Gasteiger partial charge in [-0.25, -0.2) is 0 Å². The van der Waals surface area contributed by atoms with E-state index >= 15 is 0 Å². The van der Waals surface area contributed by atoms with Crippen molar-refractivity contribution in [1.29, 1.82) is 0 Å². The number of fused-ring (bicyclic) bond motifs is 1. The molecule has 1 N–H and O–H groups in total. The van der Waals surface area contributed by atoms with Gasteiger partial charge in [-0.1, -0.05) is 18.2 Å². The van der Waals surface area contributed by atoms with Crippen LogP contribution in [0.3, 0.4) is 0 Å². The quantitative estimate of drug-likeness (QED) is 0.913. The van der Waals surface area contributed by atoms with E-state index in [-0.39, 0.29) is 0 Å². The van der Waals surface area contributed by atoms with Crippen LogP contribution in [0.15, 0.2) is 24.3 Å². The molecule has 110 valence electrons. The maximum atomic E-state index is 5.78. The van der Waals surface area contributed by atoms with Crippen LogP contribution in [-0.4, -0.2) is 38.2 Å². The van der Waals surface area contributed by atoms with E-state index in [0.29, 0.717) is 6.04 Å². The average molecular weight is 274 g/mol. The summed E-state index contributed by atoms with van der Waals surface area (Å²) in [4.78, 5) is 2.68. The fourth-order valence-corrected chi connectivity index (χ4v) is 3.60. The number of piperidine rings is 1. The van der Waals surface area contributed by atoms with E-state index in [2.05, 4.69) is 34.5 Å². The van der Waals surface area contributed by atoms with Gasteiger partial charge in [0.2, 0.25) is 0 Å². The van der Waals surface area contributed by atoms with Crippen LogP contribution in [0, 0.1) is 5.92 Å². The summed E-state index contributed by atoms with van der Waals surface area (Å²) in [7, 11) is 2.05. The molecule has 20 heavy (non-hydrogen) atoms. The third-order valence-corrected chi connectivity index (χ3v) is 4.82. The molecule has 3 rings (SSSR count). The summed E-state index contributed by atoms with van der Waals surface area (Å²) >= 11 is 0. The molecule has 1 fully saturated rings. The maximum absolute atomic E-state index is 5.78. The normalized spacial score (nSPS) is 24.1. The largest absolute Gasteiger partial charge is 0.493 e. The number of nitrogens with zero attached hydrogens (tertiary/aromatic N) is 1. The van der Waals surface area contributed by atoms with E-state index in [4.69, 9.17) is 4.74 Å². The lowest BCUT2D eigenvalue weighted by Crippen LogP contribution is -2.39. The Morgan fingerprint density at radius 1 is 1.20 bits per heavy atom. The molecule has 0 radical (unpaired) electrons. The summed E-state index contributed by atoms with van der Waals surface area (Å²) in [5.74, 6) is 2.01. The van der Waals surface area contributed by atoms with E-state index < -0.39 is 0 Å². The molecule has 0 bridgehead atoms. The first-order valence-corrected chi connectivity index (χ1v) is 7.99. The van der Waals surface area contributed by atoms with Crippen LogP contribution in [0.5, 0.6) is 5.75 Å². The molecule has 0 spiro atoms. The summed E-state index contributed by atoms with van der Waals surface area (Å²) in [6.07, 6.45) is 5.16. The Bertz CT molecular complexity index is 427. The zero-order chi connectivity index (χ0) is 13.8. The van der Waals surface area contributed by atoms with Gasteiger partial charge in [0.1, 0.15) is 5.75 Å². The Hall–Kier alpha value is -1.06. The Morgan fingerprint density at radius 2 is 2.00 bits per heavy atom. The van der Waals surface area contributed by atoms with Gasteiger partial charge in [0.05, 0.1) is 6.61 Å². The van der Waals surface area contributed by atoms with E-state index in [1.807, 2.05) is 7.05 Å². The maximum Gasteiger partial charge on any atom is 0.124 e. The van der Waals surface area contributed by atoms with Gasteiger partial charge in [-0.2, -0.15) is 0 Å². The average Bonchev–Trinajstić information content (AvgIpc) is 2.53. The minimum Gasteiger partial charge on any atom is -0.493 e. The molecule has 1 aromatic rings. The molecular weight excluding hydrogens is 248 g/mol. The summed E-state index contributed by atoms with van der Waals surface area (Å²) in [5.41, 5.74) is 1.40. The predicted molar refractivity (Wildman–Crippen MR) is 82.1 cm³/mol. The smallest absolute Gasteiger partial charge is 0.124 e. The highest BCUT2D eigenvalue weighted by Gasteiger charge is 2.29. The van der Waals surface area contributed by atoms with E-state index in [9.17, 15) is 0 Å². The molecule has 3 nitrogen and oxygen atoms in total. The topological polar surface area (TPSA) is 24.5 Å². The molecule has 2 aliphatic rings. The molecular formula is C17H26N2O. The number of ether oxygens (including phenoxy) is 1. The number of hydrogen-bond donors (Lipinski definition) is 1. The van der Waals surface area contributed by atoms with Crippen molar-refractivity contribution in [3.63, 3.8) is 0 Å². The van der Waals surface area contributed by atoms with Crippen LogP contribution in [0.25, 0.3) is 0 Å². The van der Waals surface area contributed by atoms with E-state index in [1.165, 1.54) is 37.9 Å². The molecule has 2 heterocycles. The van der Waals surface area contributed by atoms with Gasteiger partial charge < -0.3 is 10.1 Å². The van der Waals surface area contributed by atoms with Gasteiger partial charge >= 0.3 is 0 Å². The van der Waals surface area contributed by atoms with Gasteiger partial charge in [-0.3, -0.25) is 4.90 Å². The predicted octanol–water partition coefficient (Wildman–Crippen LogP) is 2.83. The third-order valence-electron chi connectivity index (χ3n) is 4.82. The Morgan fingerprint density at radius 3 is 2.80 bits per heavy atom. The molecule has 3 heteroatoms. The summed E-state index contributed by atoms with van der Waals surface area (Å²) in [6, 6.07) is 9.14. The summed E-state index contributed by atoms with van der Waals surface area (Å²) < 4.78 is 5.78. The first-order valence-electron chi connectivity index (χ1n) is 7.99. The van der Waals surface area contributed by atoms with Crippen LogP contribution in [0.4, 0.5) is 0 Å². The second kappa shape index (κ2) is 6.59. The van der Waals surface area contributed by atoms with Crippen molar-refractivity contribution in [2.75, 3.05) is 33.3 Å².